The third kappa shape index (κ3) is 4.80. The van der Waals surface area contributed by atoms with Crippen molar-refractivity contribution in [2.45, 2.75) is 25.6 Å². The Bertz CT molecular complexity index is 648. The number of nitrogens with one attached hydrogen (secondary N) is 1. The van der Waals surface area contributed by atoms with E-state index in [0.29, 0.717) is 12.2 Å². The number of carbonyl (C=O) groups excluding carboxylic acids is 1. The first kappa shape index (κ1) is 19.9. The van der Waals surface area contributed by atoms with Crippen LogP contribution >= 0.6 is 0 Å². The number of nitrogens with zero attached hydrogens (tertiary/aromatic N) is 1. The summed E-state index contributed by atoms with van der Waals surface area (Å²) < 4.78 is 45.2. The molecule has 1 aromatic rings. The van der Waals surface area contributed by atoms with E-state index in [1.54, 1.807) is 6.92 Å². The fourth-order valence-electron chi connectivity index (χ4n) is 3.06. The lowest BCUT2D eigenvalue weighted by Gasteiger charge is -2.36. The number of hydrogen-bond donors (Lipinski definition) is 2. The average Bonchev–Trinajstić information content (AvgIpc) is 2.58. The Hall–Kier alpha value is -2.45. The van der Waals surface area contributed by atoms with Gasteiger partial charge in [0.05, 0.1) is 13.0 Å². The second-order valence-corrected chi connectivity index (χ2v) is 6.48. The van der Waals surface area contributed by atoms with Crippen molar-refractivity contribution in [3.8, 4) is 5.75 Å². The summed E-state index contributed by atoms with van der Waals surface area (Å²) >= 11 is 0. The molecular weight excluding hydrogens is 353 g/mol. The summed E-state index contributed by atoms with van der Waals surface area (Å²) in [6.07, 6.45) is -4.31. The number of urea groups is 1. The van der Waals surface area contributed by atoms with Gasteiger partial charge in [-0.3, -0.25) is 4.79 Å². The van der Waals surface area contributed by atoms with Gasteiger partial charge in [-0.2, -0.15) is 13.2 Å². The van der Waals surface area contributed by atoms with E-state index in [0.717, 1.165) is 4.90 Å². The van der Waals surface area contributed by atoms with Gasteiger partial charge in [-0.1, -0.05) is 19.1 Å². The van der Waals surface area contributed by atoms with E-state index in [-0.39, 0.29) is 24.6 Å². The number of ether oxygens (including phenoxy) is 1. The van der Waals surface area contributed by atoms with Crippen molar-refractivity contribution in [2.75, 3.05) is 20.2 Å². The third-order valence-corrected chi connectivity index (χ3v) is 4.34. The summed E-state index contributed by atoms with van der Waals surface area (Å²) in [6, 6.07) is 2.10. The van der Waals surface area contributed by atoms with Gasteiger partial charge in [0.25, 0.3) is 0 Å². The molecule has 0 radical (unpaired) electrons. The van der Waals surface area contributed by atoms with Crippen molar-refractivity contribution in [1.29, 1.82) is 0 Å². The minimum Gasteiger partial charge on any atom is -0.497 e. The van der Waals surface area contributed by atoms with Gasteiger partial charge in [0.2, 0.25) is 0 Å². The predicted octanol–water partition coefficient (Wildman–Crippen LogP) is 3.05. The van der Waals surface area contributed by atoms with E-state index >= 15 is 0 Å². The Morgan fingerprint density at radius 1 is 1.27 bits per heavy atom. The number of carbonyl (C=O) groups is 2. The highest BCUT2D eigenvalue weighted by molar-refractivity contribution is 5.77. The lowest BCUT2D eigenvalue weighted by molar-refractivity contribution is -0.156. The summed E-state index contributed by atoms with van der Waals surface area (Å²) in [4.78, 5) is 24.7. The van der Waals surface area contributed by atoms with Gasteiger partial charge in [0.15, 0.2) is 6.04 Å². The van der Waals surface area contributed by atoms with Gasteiger partial charge in [-0.25, -0.2) is 4.79 Å². The standard InChI is InChI=1S/C17H21F3N2O4/c1-10-7-12(15(23)24)9-22(8-10)16(25)21-14(17(18,19)20)11-3-5-13(26-2)6-4-11/h3-6,10,12,14H,7-9H2,1-2H3,(H,21,25)(H,23,24). The Kier molecular flexibility index (Phi) is 5.99. The molecule has 1 saturated heterocycles. The zero-order valence-corrected chi connectivity index (χ0v) is 14.4. The van der Waals surface area contributed by atoms with Gasteiger partial charge in [-0.15, -0.1) is 0 Å². The first-order valence-electron chi connectivity index (χ1n) is 8.10. The van der Waals surface area contributed by atoms with Crippen molar-refractivity contribution >= 4 is 12.0 Å². The van der Waals surface area contributed by atoms with Crippen LogP contribution in [0.15, 0.2) is 24.3 Å². The molecule has 0 saturated carbocycles. The third-order valence-electron chi connectivity index (χ3n) is 4.34. The molecule has 1 aliphatic heterocycles. The molecule has 0 spiro atoms. The Morgan fingerprint density at radius 3 is 2.38 bits per heavy atom. The van der Waals surface area contributed by atoms with Gasteiger partial charge in [-0.05, 0) is 30.0 Å². The van der Waals surface area contributed by atoms with Gasteiger partial charge in [0, 0.05) is 13.1 Å². The molecule has 1 aromatic carbocycles. The van der Waals surface area contributed by atoms with Crippen molar-refractivity contribution in [3.63, 3.8) is 0 Å². The first-order chi connectivity index (χ1) is 12.1. The number of piperidine rings is 1. The molecule has 6 nitrogen and oxygen atoms in total. The molecule has 0 aromatic heterocycles. The highest BCUT2D eigenvalue weighted by Gasteiger charge is 2.43. The molecule has 26 heavy (non-hydrogen) atoms. The molecule has 3 unspecified atom stereocenters. The quantitative estimate of drug-likeness (QED) is 0.849. The summed E-state index contributed by atoms with van der Waals surface area (Å²) in [6.45, 7) is 1.86. The average molecular weight is 374 g/mol. The van der Waals surface area contributed by atoms with Crippen LogP contribution in [0.3, 0.4) is 0 Å². The van der Waals surface area contributed by atoms with Crippen LogP contribution in [0, 0.1) is 11.8 Å². The van der Waals surface area contributed by atoms with Gasteiger partial charge in [0.1, 0.15) is 5.75 Å². The molecule has 144 valence electrons. The number of carboxylic acids is 1. The van der Waals surface area contributed by atoms with Crippen LogP contribution in [-0.4, -0.2) is 48.4 Å². The topological polar surface area (TPSA) is 78.9 Å². The number of methoxy groups -OCH3 is 1. The Balaban J connectivity index is 2.17. The normalized spacial score (nSPS) is 21.8. The highest BCUT2D eigenvalue weighted by Crippen LogP contribution is 2.34. The Labute approximate surface area is 148 Å². The molecule has 9 heteroatoms. The van der Waals surface area contributed by atoms with Crippen LogP contribution in [0.4, 0.5) is 18.0 Å². The largest absolute Gasteiger partial charge is 0.497 e. The predicted molar refractivity (Wildman–Crippen MR) is 86.8 cm³/mol. The number of rotatable bonds is 4. The minimum absolute atomic E-state index is 0.110. The second kappa shape index (κ2) is 7.84. The van der Waals surface area contributed by atoms with Crippen molar-refractivity contribution in [1.82, 2.24) is 10.2 Å². The molecule has 2 amide bonds. The fourth-order valence-corrected chi connectivity index (χ4v) is 3.06. The number of aliphatic carboxylic acids is 1. The molecule has 0 aliphatic carbocycles. The maximum absolute atomic E-state index is 13.4. The van der Waals surface area contributed by atoms with Crippen molar-refractivity contribution < 1.29 is 32.6 Å². The van der Waals surface area contributed by atoms with E-state index in [1.807, 2.05) is 5.32 Å². The lowest BCUT2D eigenvalue weighted by atomic mass is 9.91. The van der Waals surface area contributed by atoms with Crippen LogP contribution in [0.2, 0.25) is 0 Å². The van der Waals surface area contributed by atoms with Crippen molar-refractivity contribution in [2.24, 2.45) is 11.8 Å². The van der Waals surface area contributed by atoms with Crippen LogP contribution in [0.25, 0.3) is 0 Å². The number of carboxylic acid groups (broad SMARTS) is 1. The summed E-state index contributed by atoms with van der Waals surface area (Å²) in [5.41, 5.74) is -0.133. The Morgan fingerprint density at radius 2 is 1.88 bits per heavy atom. The molecule has 1 heterocycles. The van der Waals surface area contributed by atoms with E-state index in [4.69, 9.17) is 9.84 Å². The first-order valence-corrected chi connectivity index (χ1v) is 8.10. The van der Waals surface area contributed by atoms with Crippen molar-refractivity contribution in [3.05, 3.63) is 29.8 Å². The zero-order chi connectivity index (χ0) is 19.5. The smallest absolute Gasteiger partial charge is 0.412 e. The van der Waals surface area contributed by atoms with E-state index in [9.17, 15) is 22.8 Å². The molecular formula is C17H21F3N2O4. The zero-order valence-electron chi connectivity index (χ0n) is 14.4. The summed E-state index contributed by atoms with van der Waals surface area (Å²) in [7, 11) is 1.40. The number of benzene rings is 1. The maximum atomic E-state index is 13.4. The number of halogens is 3. The summed E-state index contributed by atoms with van der Waals surface area (Å²) in [5, 5.41) is 11.1. The fraction of sp³-hybridized carbons (Fsp3) is 0.529. The van der Waals surface area contributed by atoms with E-state index in [2.05, 4.69) is 0 Å². The van der Waals surface area contributed by atoms with Crippen LogP contribution in [0.5, 0.6) is 5.75 Å². The second-order valence-electron chi connectivity index (χ2n) is 6.48. The minimum atomic E-state index is -4.70. The lowest BCUT2D eigenvalue weighted by Crippen LogP contribution is -2.51. The molecule has 2 N–H and O–H groups in total. The van der Waals surface area contributed by atoms with Crippen LogP contribution < -0.4 is 10.1 Å². The number of alkyl halides is 3. The molecule has 3 atom stereocenters. The highest BCUT2D eigenvalue weighted by atomic mass is 19.4. The molecule has 1 aliphatic rings. The monoisotopic (exact) mass is 374 g/mol. The summed E-state index contributed by atoms with van der Waals surface area (Å²) in [5.74, 6) is -1.55. The molecule has 1 fully saturated rings. The number of hydrogen-bond acceptors (Lipinski definition) is 3. The van der Waals surface area contributed by atoms with Gasteiger partial charge < -0.3 is 20.1 Å². The van der Waals surface area contributed by atoms with Gasteiger partial charge >= 0.3 is 18.2 Å². The van der Waals surface area contributed by atoms with Crippen LogP contribution in [0.1, 0.15) is 24.9 Å². The van der Waals surface area contributed by atoms with Crippen LogP contribution in [-0.2, 0) is 4.79 Å². The molecule has 0 bridgehead atoms. The van der Waals surface area contributed by atoms with E-state index in [1.165, 1.54) is 31.4 Å². The maximum Gasteiger partial charge on any atom is 0.412 e. The van der Waals surface area contributed by atoms with E-state index < -0.39 is 30.1 Å². The SMILES string of the molecule is COc1ccc(C(NC(=O)N2CC(C)CC(C(=O)O)C2)C(F)(F)F)cc1. The number of likely N-dealkylation sites (tertiary alicyclic amines) is 1. The molecule has 2 rings (SSSR count). The number of amides is 2.